The molecule has 0 saturated carbocycles. The maximum absolute atomic E-state index is 13.3. The Hall–Kier alpha value is -3.38. The highest BCUT2D eigenvalue weighted by atomic mass is 35.5. The number of amides is 1. The van der Waals surface area contributed by atoms with Crippen LogP contribution in [0.4, 0.5) is 0 Å². The number of benzene rings is 1. The van der Waals surface area contributed by atoms with Gasteiger partial charge in [0.05, 0.1) is 22.8 Å². The number of carbonyl (C=O) groups excluding carboxylic acids is 1. The number of hydrogen-bond acceptors (Lipinski definition) is 3. The van der Waals surface area contributed by atoms with Gasteiger partial charge in [-0.15, -0.1) is 0 Å². The highest BCUT2D eigenvalue weighted by Gasteiger charge is 2.22. The molecule has 29 heavy (non-hydrogen) atoms. The van der Waals surface area contributed by atoms with E-state index in [-0.39, 0.29) is 5.91 Å². The minimum atomic E-state index is -0.122. The van der Waals surface area contributed by atoms with Crippen molar-refractivity contribution in [2.45, 2.75) is 6.54 Å². The van der Waals surface area contributed by atoms with Crippen molar-refractivity contribution in [1.82, 2.24) is 24.2 Å². The van der Waals surface area contributed by atoms with Gasteiger partial charge in [0.15, 0.2) is 0 Å². The molecule has 0 aliphatic carbocycles. The number of para-hydroxylation sites is 1. The standard InChI is InChI=1S/C22H20ClN5O/c1-26-13-17(23)11-19(26)14-27(2)22(29)20-15-28(18-8-4-3-5-9-18)25-21(20)16-7-6-10-24-12-16/h3-13,15H,14H2,1-2H3. The van der Waals surface area contributed by atoms with Crippen molar-refractivity contribution >= 4 is 17.5 Å². The maximum Gasteiger partial charge on any atom is 0.257 e. The molecule has 6 nitrogen and oxygen atoms in total. The van der Waals surface area contributed by atoms with E-state index in [0.29, 0.717) is 22.8 Å². The van der Waals surface area contributed by atoms with Crippen LogP contribution in [0, 0.1) is 0 Å². The lowest BCUT2D eigenvalue weighted by Gasteiger charge is -2.17. The van der Waals surface area contributed by atoms with Crippen molar-refractivity contribution < 1.29 is 4.79 Å². The van der Waals surface area contributed by atoms with Gasteiger partial charge in [0.25, 0.3) is 5.91 Å². The van der Waals surface area contributed by atoms with Crippen LogP contribution in [0.25, 0.3) is 16.9 Å². The number of carbonyl (C=O) groups is 1. The molecule has 4 rings (SSSR count). The van der Waals surface area contributed by atoms with Gasteiger partial charge in [-0.3, -0.25) is 9.78 Å². The van der Waals surface area contributed by atoms with Crippen LogP contribution >= 0.6 is 11.6 Å². The predicted molar refractivity (Wildman–Crippen MR) is 113 cm³/mol. The molecule has 3 aromatic heterocycles. The topological polar surface area (TPSA) is 56.0 Å². The molecule has 0 atom stereocenters. The van der Waals surface area contributed by atoms with E-state index in [1.807, 2.05) is 66.3 Å². The first-order chi connectivity index (χ1) is 14.0. The first kappa shape index (κ1) is 19.0. The van der Waals surface area contributed by atoms with Gasteiger partial charge in [-0.05, 0) is 30.3 Å². The molecule has 0 unspecified atom stereocenters. The third-order valence-corrected chi connectivity index (χ3v) is 4.93. The molecule has 146 valence electrons. The second kappa shape index (κ2) is 7.93. The summed E-state index contributed by atoms with van der Waals surface area (Å²) < 4.78 is 3.64. The number of nitrogens with zero attached hydrogens (tertiary/aromatic N) is 5. The van der Waals surface area contributed by atoms with Crippen LogP contribution in [0.5, 0.6) is 0 Å². The zero-order valence-electron chi connectivity index (χ0n) is 16.2. The van der Waals surface area contributed by atoms with E-state index in [0.717, 1.165) is 16.9 Å². The van der Waals surface area contributed by atoms with E-state index >= 15 is 0 Å². The van der Waals surface area contributed by atoms with E-state index in [1.54, 1.807) is 35.2 Å². The molecular formula is C22H20ClN5O. The Kier molecular flexibility index (Phi) is 5.18. The fraction of sp³-hybridized carbons (Fsp3) is 0.136. The molecule has 1 amide bonds. The van der Waals surface area contributed by atoms with Crippen LogP contribution in [0.15, 0.2) is 73.3 Å². The molecule has 0 aliphatic rings. The van der Waals surface area contributed by atoms with E-state index in [2.05, 4.69) is 10.1 Å². The van der Waals surface area contributed by atoms with Gasteiger partial charge in [-0.25, -0.2) is 4.68 Å². The highest BCUT2D eigenvalue weighted by molar-refractivity contribution is 6.30. The molecule has 0 N–H and O–H groups in total. The molecule has 7 heteroatoms. The first-order valence-electron chi connectivity index (χ1n) is 9.14. The Labute approximate surface area is 174 Å². The summed E-state index contributed by atoms with van der Waals surface area (Å²) in [6, 6.07) is 15.3. The zero-order chi connectivity index (χ0) is 20.4. The molecule has 0 radical (unpaired) electrons. The van der Waals surface area contributed by atoms with Gasteiger partial charge in [-0.2, -0.15) is 5.10 Å². The summed E-state index contributed by atoms with van der Waals surface area (Å²) in [6.07, 6.45) is 7.01. The molecule has 0 fully saturated rings. The Balaban J connectivity index is 1.72. The monoisotopic (exact) mass is 405 g/mol. The minimum Gasteiger partial charge on any atom is -0.351 e. The molecule has 3 heterocycles. The zero-order valence-corrected chi connectivity index (χ0v) is 16.9. The molecule has 0 saturated heterocycles. The second-order valence-corrected chi connectivity index (χ2v) is 7.27. The number of aryl methyl sites for hydroxylation is 1. The van der Waals surface area contributed by atoms with Crippen molar-refractivity contribution in [3.05, 3.63) is 89.6 Å². The first-order valence-corrected chi connectivity index (χ1v) is 9.52. The van der Waals surface area contributed by atoms with Gasteiger partial charge < -0.3 is 9.47 Å². The average Bonchev–Trinajstić information content (AvgIpc) is 3.32. The Bertz CT molecular complexity index is 1130. The van der Waals surface area contributed by atoms with E-state index < -0.39 is 0 Å². The third kappa shape index (κ3) is 3.93. The largest absolute Gasteiger partial charge is 0.351 e. The van der Waals surface area contributed by atoms with Crippen LogP contribution in [0.1, 0.15) is 16.1 Å². The van der Waals surface area contributed by atoms with Crippen LogP contribution in [0.2, 0.25) is 5.02 Å². The average molecular weight is 406 g/mol. The lowest BCUT2D eigenvalue weighted by molar-refractivity contribution is 0.0783. The van der Waals surface area contributed by atoms with Crippen LogP contribution < -0.4 is 0 Å². The maximum atomic E-state index is 13.3. The summed E-state index contributed by atoms with van der Waals surface area (Å²) in [6.45, 7) is 0.436. The van der Waals surface area contributed by atoms with Crippen molar-refractivity contribution in [3.8, 4) is 16.9 Å². The summed E-state index contributed by atoms with van der Waals surface area (Å²) >= 11 is 6.08. The molecular weight excluding hydrogens is 386 g/mol. The fourth-order valence-corrected chi connectivity index (χ4v) is 3.48. The molecule has 0 bridgehead atoms. The lowest BCUT2D eigenvalue weighted by atomic mass is 10.1. The van der Waals surface area contributed by atoms with Crippen molar-refractivity contribution in [1.29, 1.82) is 0 Å². The SMILES string of the molecule is CN(Cc1cc(Cl)cn1C)C(=O)c1cn(-c2ccccc2)nc1-c1cccnc1. The summed E-state index contributed by atoms with van der Waals surface area (Å²) in [5, 5.41) is 5.34. The molecule has 0 aliphatic heterocycles. The van der Waals surface area contributed by atoms with Crippen molar-refractivity contribution in [2.24, 2.45) is 7.05 Å². The Morgan fingerprint density at radius 1 is 1.14 bits per heavy atom. The van der Waals surface area contributed by atoms with Crippen molar-refractivity contribution in [3.63, 3.8) is 0 Å². The normalized spacial score (nSPS) is 10.9. The Morgan fingerprint density at radius 2 is 1.93 bits per heavy atom. The predicted octanol–water partition coefficient (Wildman–Crippen LogP) is 4.20. The second-order valence-electron chi connectivity index (χ2n) is 6.83. The fourth-order valence-electron chi connectivity index (χ4n) is 3.20. The summed E-state index contributed by atoms with van der Waals surface area (Å²) in [7, 11) is 3.68. The number of rotatable bonds is 5. The van der Waals surface area contributed by atoms with E-state index in [9.17, 15) is 4.79 Å². The Morgan fingerprint density at radius 3 is 2.59 bits per heavy atom. The number of halogens is 1. The van der Waals surface area contributed by atoms with Crippen molar-refractivity contribution in [2.75, 3.05) is 7.05 Å². The molecule has 4 aromatic rings. The number of hydrogen-bond donors (Lipinski definition) is 0. The quantitative estimate of drug-likeness (QED) is 0.500. The van der Waals surface area contributed by atoms with Crippen LogP contribution in [-0.4, -0.2) is 37.2 Å². The van der Waals surface area contributed by atoms with Crippen LogP contribution in [0.3, 0.4) is 0 Å². The summed E-state index contributed by atoms with van der Waals surface area (Å²) in [5.41, 5.74) is 3.74. The van der Waals surface area contributed by atoms with Gasteiger partial charge >= 0.3 is 0 Å². The smallest absolute Gasteiger partial charge is 0.257 e. The van der Waals surface area contributed by atoms with E-state index in [4.69, 9.17) is 11.6 Å². The summed E-state index contributed by atoms with van der Waals surface area (Å²) in [5.74, 6) is -0.122. The minimum absolute atomic E-state index is 0.122. The molecule has 1 aromatic carbocycles. The van der Waals surface area contributed by atoms with Gasteiger partial charge in [0.1, 0.15) is 5.69 Å². The van der Waals surface area contributed by atoms with E-state index in [1.165, 1.54) is 0 Å². The van der Waals surface area contributed by atoms with Gasteiger partial charge in [0.2, 0.25) is 0 Å². The highest BCUT2D eigenvalue weighted by Crippen LogP contribution is 2.25. The van der Waals surface area contributed by atoms with Gasteiger partial charge in [0, 0.05) is 50.1 Å². The number of pyridine rings is 1. The number of aromatic nitrogens is 4. The van der Waals surface area contributed by atoms with Crippen LogP contribution in [-0.2, 0) is 13.6 Å². The third-order valence-electron chi connectivity index (χ3n) is 4.72. The van der Waals surface area contributed by atoms with Gasteiger partial charge in [-0.1, -0.05) is 29.8 Å². The lowest BCUT2D eigenvalue weighted by Crippen LogP contribution is -2.27. The molecule has 0 spiro atoms. The summed E-state index contributed by atoms with van der Waals surface area (Å²) in [4.78, 5) is 19.2.